The molecule has 3 N–H and O–H groups in total. The fourth-order valence-corrected chi connectivity index (χ4v) is 5.49. The van der Waals surface area contributed by atoms with Crippen molar-refractivity contribution in [3.8, 4) is 0 Å². The van der Waals surface area contributed by atoms with Crippen LogP contribution < -0.4 is 15.4 Å². The molecular formula is C25H36N4O7S. The Morgan fingerprint density at radius 3 is 2.27 bits per heavy atom. The molecule has 2 atom stereocenters. The molecule has 1 aliphatic carbocycles. The predicted molar refractivity (Wildman–Crippen MR) is 135 cm³/mol. The van der Waals surface area contributed by atoms with Crippen LogP contribution in [-0.4, -0.2) is 67.4 Å². The second kappa shape index (κ2) is 10.7. The summed E-state index contributed by atoms with van der Waals surface area (Å²) >= 11 is 0. The van der Waals surface area contributed by atoms with Crippen LogP contribution in [0.5, 0.6) is 0 Å². The number of benzene rings is 1. The summed E-state index contributed by atoms with van der Waals surface area (Å²) < 4.78 is 32.5. The van der Waals surface area contributed by atoms with Crippen molar-refractivity contribution in [2.24, 2.45) is 11.8 Å². The normalized spacial score (nSPS) is 20.8. The van der Waals surface area contributed by atoms with E-state index in [0.29, 0.717) is 13.0 Å². The first-order valence-electron chi connectivity index (χ1n) is 12.4. The van der Waals surface area contributed by atoms with Crippen molar-refractivity contribution in [3.63, 3.8) is 0 Å². The molecule has 0 aromatic heterocycles. The van der Waals surface area contributed by atoms with E-state index in [4.69, 9.17) is 4.74 Å². The molecule has 2 fully saturated rings. The lowest BCUT2D eigenvalue weighted by molar-refractivity contribution is -0.140. The van der Waals surface area contributed by atoms with E-state index in [0.717, 1.165) is 0 Å². The zero-order valence-corrected chi connectivity index (χ0v) is 22.7. The molecule has 12 heteroatoms. The Morgan fingerprint density at radius 1 is 1.11 bits per heavy atom. The summed E-state index contributed by atoms with van der Waals surface area (Å²) in [6, 6.07) is 6.63. The molecule has 0 bridgehead atoms. The number of hydrogen-bond donors (Lipinski definition) is 3. The van der Waals surface area contributed by atoms with Gasteiger partial charge in [-0.05, 0) is 64.0 Å². The molecule has 0 radical (unpaired) electrons. The Bertz CT molecular complexity index is 1140. The van der Waals surface area contributed by atoms with Crippen LogP contribution in [0.4, 0.5) is 4.79 Å². The first-order chi connectivity index (χ1) is 17.2. The summed E-state index contributed by atoms with van der Waals surface area (Å²) in [4.78, 5) is 52.7. The second-order valence-corrected chi connectivity index (χ2v) is 12.6. The maximum atomic E-state index is 13.5. The van der Waals surface area contributed by atoms with E-state index in [1.54, 1.807) is 39.0 Å². The fraction of sp³-hybridized carbons (Fsp3) is 0.600. The number of ether oxygens (including phenoxy) is 1. The van der Waals surface area contributed by atoms with Crippen LogP contribution >= 0.6 is 0 Å². The van der Waals surface area contributed by atoms with Crippen molar-refractivity contribution in [3.05, 3.63) is 30.3 Å². The van der Waals surface area contributed by atoms with E-state index in [1.807, 2.05) is 13.8 Å². The van der Waals surface area contributed by atoms with Gasteiger partial charge in [0.05, 0.1) is 4.90 Å². The third-order valence-corrected chi connectivity index (χ3v) is 7.85. The lowest BCUT2D eigenvalue weighted by atomic mass is 9.88. The second-order valence-electron chi connectivity index (χ2n) is 10.9. The van der Waals surface area contributed by atoms with E-state index in [2.05, 4.69) is 15.4 Å². The first kappa shape index (κ1) is 28.4. The van der Waals surface area contributed by atoms with Crippen LogP contribution in [0.3, 0.4) is 0 Å². The minimum atomic E-state index is -4.10. The maximum absolute atomic E-state index is 13.5. The monoisotopic (exact) mass is 536 g/mol. The smallest absolute Gasteiger partial charge is 0.408 e. The number of carbonyl (C=O) groups is 4. The Labute approximate surface area is 217 Å². The van der Waals surface area contributed by atoms with E-state index in [1.165, 1.54) is 17.0 Å². The van der Waals surface area contributed by atoms with E-state index in [-0.39, 0.29) is 36.1 Å². The molecular weight excluding hydrogens is 500 g/mol. The van der Waals surface area contributed by atoms with Gasteiger partial charge in [-0.25, -0.2) is 17.9 Å². The van der Waals surface area contributed by atoms with E-state index in [9.17, 15) is 27.6 Å². The highest BCUT2D eigenvalue weighted by molar-refractivity contribution is 7.90. The molecule has 1 aliphatic heterocycles. The van der Waals surface area contributed by atoms with Gasteiger partial charge in [-0.3, -0.25) is 14.4 Å². The molecule has 204 valence electrons. The first-order valence-corrected chi connectivity index (χ1v) is 13.8. The molecule has 4 amide bonds. The maximum Gasteiger partial charge on any atom is 0.408 e. The Kier molecular flexibility index (Phi) is 8.21. The SMILES string of the molecule is CC(C)[C@H]1CCN(C(=O)CNC(=O)OC(C)(C)C)[C@@H]1C(=O)NC1(C(=O)NS(=O)(=O)c2ccccc2)CC1. The van der Waals surface area contributed by atoms with E-state index >= 15 is 0 Å². The molecule has 1 heterocycles. The molecule has 1 saturated heterocycles. The number of sulfonamides is 1. The molecule has 2 aliphatic rings. The van der Waals surface area contributed by atoms with Crippen LogP contribution in [0.2, 0.25) is 0 Å². The van der Waals surface area contributed by atoms with Crippen molar-refractivity contribution in [1.29, 1.82) is 0 Å². The topological polar surface area (TPSA) is 151 Å². The molecule has 1 aromatic rings. The van der Waals surface area contributed by atoms with Gasteiger partial charge in [0.2, 0.25) is 11.8 Å². The summed E-state index contributed by atoms with van der Waals surface area (Å²) in [5.74, 6) is -1.89. The van der Waals surface area contributed by atoms with Gasteiger partial charge in [0.15, 0.2) is 0 Å². The standard InChI is InChI=1S/C25H36N4O7S/c1-16(2)18-11-14-29(19(30)15-26-23(33)36-24(3,4)5)20(18)21(31)27-25(12-13-25)22(32)28-37(34,35)17-9-7-6-8-10-17/h6-10,16,18,20H,11-15H2,1-5H3,(H,26,33)(H,27,31)(H,28,32)/t18-,20+/m1/s1. The number of likely N-dealkylation sites (tertiary alicyclic amines) is 1. The quantitative estimate of drug-likeness (QED) is 0.456. The summed E-state index contributed by atoms with van der Waals surface area (Å²) in [5, 5.41) is 5.15. The number of hydrogen-bond acceptors (Lipinski definition) is 7. The minimum absolute atomic E-state index is 0.0598. The highest BCUT2D eigenvalue weighted by Gasteiger charge is 2.54. The van der Waals surface area contributed by atoms with Gasteiger partial charge < -0.3 is 20.3 Å². The van der Waals surface area contributed by atoms with Gasteiger partial charge in [0, 0.05) is 6.54 Å². The number of alkyl carbamates (subject to hydrolysis) is 1. The fourth-order valence-electron chi connectivity index (χ4n) is 4.42. The molecule has 1 saturated carbocycles. The summed E-state index contributed by atoms with van der Waals surface area (Å²) in [6.07, 6.45) is 0.398. The third-order valence-electron chi connectivity index (χ3n) is 6.50. The highest BCUT2D eigenvalue weighted by Crippen LogP contribution is 2.38. The average Bonchev–Trinajstić information content (AvgIpc) is 3.43. The van der Waals surface area contributed by atoms with Crippen LogP contribution in [0, 0.1) is 11.8 Å². The number of rotatable bonds is 8. The Balaban J connectivity index is 1.69. The number of carbonyl (C=O) groups excluding carboxylic acids is 4. The van der Waals surface area contributed by atoms with Crippen molar-refractivity contribution >= 4 is 33.8 Å². The van der Waals surface area contributed by atoms with Crippen molar-refractivity contribution in [2.45, 2.75) is 76.0 Å². The Morgan fingerprint density at radius 2 is 1.73 bits per heavy atom. The Hall–Kier alpha value is -3.15. The van der Waals surface area contributed by atoms with E-state index < -0.39 is 51.0 Å². The predicted octanol–water partition coefficient (Wildman–Crippen LogP) is 1.54. The van der Waals surface area contributed by atoms with Crippen LogP contribution in [0.25, 0.3) is 0 Å². The lowest BCUT2D eigenvalue weighted by Crippen LogP contribution is -2.57. The highest BCUT2D eigenvalue weighted by atomic mass is 32.2. The van der Waals surface area contributed by atoms with Gasteiger partial charge >= 0.3 is 6.09 Å². The van der Waals surface area contributed by atoms with Gasteiger partial charge in [-0.15, -0.1) is 0 Å². The third kappa shape index (κ3) is 7.00. The average molecular weight is 537 g/mol. The van der Waals surface area contributed by atoms with Crippen LogP contribution in [-0.2, 0) is 29.1 Å². The van der Waals surface area contributed by atoms with Gasteiger partial charge in [0.1, 0.15) is 23.7 Å². The van der Waals surface area contributed by atoms with Crippen molar-refractivity contribution in [2.75, 3.05) is 13.1 Å². The summed E-state index contributed by atoms with van der Waals surface area (Å²) in [7, 11) is -4.10. The van der Waals surface area contributed by atoms with Crippen molar-refractivity contribution in [1.82, 2.24) is 20.3 Å². The summed E-state index contributed by atoms with van der Waals surface area (Å²) in [5.41, 5.74) is -2.08. The number of nitrogens with one attached hydrogen (secondary N) is 3. The number of nitrogens with zero attached hydrogens (tertiary/aromatic N) is 1. The molecule has 11 nitrogen and oxygen atoms in total. The van der Waals surface area contributed by atoms with Crippen molar-refractivity contribution < 1.29 is 32.3 Å². The zero-order valence-electron chi connectivity index (χ0n) is 21.9. The minimum Gasteiger partial charge on any atom is -0.444 e. The molecule has 3 rings (SSSR count). The van der Waals surface area contributed by atoms with Gasteiger partial charge in [0.25, 0.3) is 15.9 Å². The molecule has 1 aromatic carbocycles. The van der Waals surface area contributed by atoms with Crippen LogP contribution in [0.1, 0.15) is 53.9 Å². The van der Waals surface area contributed by atoms with Gasteiger partial charge in [-0.2, -0.15) is 0 Å². The molecule has 0 spiro atoms. The lowest BCUT2D eigenvalue weighted by Gasteiger charge is -2.31. The molecule has 0 unspecified atom stereocenters. The number of amides is 4. The largest absolute Gasteiger partial charge is 0.444 e. The van der Waals surface area contributed by atoms with Gasteiger partial charge in [-0.1, -0.05) is 32.0 Å². The summed E-state index contributed by atoms with van der Waals surface area (Å²) in [6.45, 7) is 8.99. The molecule has 37 heavy (non-hydrogen) atoms. The van der Waals surface area contributed by atoms with Crippen LogP contribution in [0.15, 0.2) is 35.2 Å². The zero-order chi connectivity index (χ0) is 27.6.